The number of ether oxygens (including phenoxy) is 10. The normalized spacial score (nSPS) is 11.3. The first-order chi connectivity index (χ1) is 21.6. The smallest absolute Gasteiger partial charge is 0.305 e. The molecule has 0 saturated carbocycles. The molecule has 0 aliphatic carbocycles. The average Bonchev–Trinajstić information content (AvgIpc) is 3.01. The van der Waals surface area contributed by atoms with E-state index in [1.165, 1.54) is 0 Å². The summed E-state index contributed by atoms with van der Waals surface area (Å²) in [7, 11) is 0. The van der Waals surface area contributed by atoms with Gasteiger partial charge < -0.3 is 68.8 Å². The Kier molecular flexibility index (Phi) is 34.7. The summed E-state index contributed by atoms with van der Waals surface area (Å²) in [6, 6.07) is 0. The zero-order chi connectivity index (χ0) is 32.2. The van der Waals surface area contributed by atoms with Crippen LogP contribution in [-0.4, -0.2) is 180 Å². The molecule has 0 aromatic carbocycles. The molecular weight excluding hydrogens is 586 g/mol. The summed E-state index contributed by atoms with van der Waals surface area (Å²) in [4.78, 5) is 24.9. The second-order valence-corrected chi connectivity index (χ2v) is 8.98. The summed E-state index contributed by atoms with van der Waals surface area (Å²) >= 11 is 0. The summed E-state index contributed by atoms with van der Waals surface area (Å²) in [6.07, 6.45) is 0.200. The second kappa shape index (κ2) is 35.9. The van der Waals surface area contributed by atoms with Crippen molar-refractivity contribution in [2.75, 3.05) is 158 Å². The van der Waals surface area contributed by atoms with Gasteiger partial charge in [0.1, 0.15) is 0 Å². The molecule has 0 saturated heterocycles. The maximum atomic E-state index is 12.8. The van der Waals surface area contributed by atoms with Gasteiger partial charge in [0.15, 0.2) is 0 Å². The van der Waals surface area contributed by atoms with Crippen molar-refractivity contribution in [3.8, 4) is 0 Å². The number of nitrogens with zero attached hydrogens (tertiary/aromatic N) is 1. The summed E-state index contributed by atoms with van der Waals surface area (Å²) in [5, 5.41) is 8.53. The summed E-state index contributed by atoms with van der Waals surface area (Å²) in [5.74, 6) is -0.949. The highest BCUT2D eigenvalue weighted by atomic mass is 16.6. The number of carbonyl (C=O) groups excluding carboxylic acids is 1. The number of rotatable bonds is 37. The Labute approximate surface area is 261 Å². The van der Waals surface area contributed by atoms with Crippen LogP contribution in [-0.2, 0) is 57.0 Å². The van der Waals surface area contributed by atoms with Gasteiger partial charge in [-0.05, 0) is 0 Å². The maximum Gasteiger partial charge on any atom is 0.305 e. The zero-order valence-electron chi connectivity index (χ0n) is 26.3. The Hall–Kier alpha value is -1.54. The van der Waals surface area contributed by atoms with E-state index in [-0.39, 0.29) is 32.0 Å². The maximum absolute atomic E-state index is 12.8. The molecule has 0 bridgehead atoms. The van der Waals surface area contributed by atoms with E-state index in [9.17, 15) is 9.59 Å². The molecule has 0 aliphatic heterocycles. The number of nitrogens with two attached hydrogens (primary N) is 2. The van der Waals surface area contributed by atoms with Crippen LogP contribution in [0.15, 0.2) is 0 Å². The van der Waals surface area contributed by atoms with Crippen LogP contribution in [0.2, 0.25) is 0 Å². The van der Waals surface area contributed by atoms with Gasteiger partial charge in [-0.25, -0.2) is 0 Å². The third kappa shape index (κ3) is 33.4. The number of hydrogen-bond donors (Lipinski definition) is 3. The molecular formula is C28H57N3O13. The van der Waals surface area contributed by atoms with Crippen LogP contribution in [0.4, 0.5) is 0 Å². The standard InChI is InChI=1S/C28H57N3O13/c29-3-9-37-15-21-43-23-17-39-11-5-31(6-12-40-18-24-44-22-16-38-10-4-30)27(32)1-7-35-13-19-41-25-26-42-20-14-36-8-2-28(33)34/h1-26,29-30H2,(H,33,34). The van der Waals surface area contributed by atoms with Crippen molar-refractivity contribution < 1.29 is 62.1 Å². The number of carboxylic acid groups (broad SMARTS) is 1. The average molecular weight is 644 g/mol. The van der Waals surface area contributed by atoms with E-state index in [2.05, 4.69) is 0 Å². The molecule has 0 radical (unpaired) electrons. The lowest BCUT2D eigenvalue weighted by molar-refractivity contribution is -0.138. The second-order valence-electron chi connectivity index (χ2n) is 8.98. The van der Waals surface area contributed by atoms with E-state index in [0.717, 1.165) is 0 Å². The molecule has 0 unspecified atom stereocenters. The Morgan fingerprint density at radius 3 is 1.00 bits per heavy atom. The quantitative estimate of drug-likeness (QED) is 0.0678. The van der Waals surface area contributed by atoms with Gasteiger partial charge >= 0.3 is 5.97 Å². The fourth-order valence-electron chi connectivity index (χ4n) is 3.20. The van der Waals surface area contributed by atoms with E-state index in [1.54, 1.807) is 4.90 Å². The van der Waals surface area contributed by atoms with E-state index in [1.807, 2.05) is 0 Å². The molecule has 0 aromatic rings. The van der Waals surface area contributed by atoms with Crippen LogP contribution in [0, 0.1) is 0 Å². The van der Waals surface area contributed by atoms with Gasteiger partial charge in [-0.15, -0.1) is 0 Å². The Balaban J connectivity index is 4.01. The largest absolute Gasteiger partial charge is 0.481 e. The highest BCUT2D eigenvalue weighted by molar-refractivity contribution is 5.76. The SMILES string of the molecule is NCCOCCOCCOCCN(CCOCCOCCOCCN)C(=O)CCOCCOCCOCCOCCC(=O)O. The van der Waals surface area contributed by atoms with Crippen molar-refractivity contribution in [1.82, 2.24) is 4.90 Å². The van der Waals surface area contributed by atoms with Crippen molar-refractivity contribution in [3.05, 3.63) is 0 Å². The Bertz CT molecular complexity index is 599. The van der Waals surface area contributed by atoms with Crippen LogP contribution < -0.4 is 11.5 Å². The van der Waals surface area contributed by atoms with Crippen molar-refractivity contribution >= 4 is 11.9 Å². The minimum atomic E-state index is -0.892. The third-order valence-electron chi connectivity index (χ3n) is 5.41. The number of carboxylic acids is 1. The lowest BCUT2D eigenvalue weighted by atomic mass is 10.3. The van der Waals surface area contributed by atoms with Crippen molar-refractivity contribution in [3.63, 3.8) is 0 Å². The Morgan fingerprint density at radius 2 is 0.682 bits per heavy atom. The molecule has 0 spiro atoms. The monoisotopic (exact) mass is 643 g/mol. The van der Waals surface area contributed by atoms with Crippen LogP contribution in [0.3, 0.4) is 0 Å². The summed E-state index contributed by atoms with van der Waals surface area (Å²) < 4.78 is 54.1. The van der Waals surface area contributed by atoms with Crippen molar-refractivity contribution in [1.29, 1.82) is 0 Å². The predicted octanol–water partition coefficient (Wildman–Crippen LogP) is -1.24. The summed E-state index contributed by atoms with van der Waals surface area (Å²) in [6.45, 7) is 9.85. The number of amides is 1. The van der Waals surface area contributed by atoms with E-state index in [0.29, 0.717) is 145 Å². The highest BCUT2D eigenvalue weighted by Gasteiger charge is 2.13. The van der Waals surface area contributed by atoms with Gasteiger partial charge in [-0.3, -0.25) is 9.59 Å². The van der Waals surface area contributed by atoms with Crippen LogP contribution in [0.25, 0.3) is 0 Å². The predicted molar refractivity (Wildman–Crippen MR) is 160 cm³/mol. The van der Waals surface area contributed by atoms with Gasteiger partial charge in [0.25, 0.3) is 0 Å². The van der Waals surface area contributed by atoms with E-state index < -0.39 is 5.97 Å². The zero-order valence-corrected chi connectivity index (χ0v) is 26.3. The molecule has 16 heteroatoms. The molecule has 16 nitrogen and oxygen atoms in total. The van der Waals surface area contributed by atoms with Gasteiger partial charge in [-0.1, -0.05) is 0 Å². The first-order valence-electron chi connectivity index (χ1n) is 15.3. The first kappa shape index (κ1) is 42.5. The molecule has 0 rings (SSSR count). The molecule has 44 heavy (non-hydrogen) atoms. The lowest BCUT2D eigenvalue weighted by Gasteiger charge is -2.23. The molecule has 262 valence electrons. The van der Waals surface area contributed by atoms with Crippen molar-refractivity contribution in [2.24, 2.45) is 11.5 Å². The lowest BCUT2D eigenvalue weighted by Crippen LogP contribution is -2.37. The molecule has 0 fully saturated rings. The summed E-state index contributed by atoms with van der Waals surface area (Å²) in [5.41, 5.74) is 10.7. The van der Waals surface area contributed by atoms with Gasteiger partial charge in [0, 0.05) is 26.2 Å². The molecule has 0 heterocycles. The number of aliphatic carboxylic acids is 1. The topological polar surface area (TPSA) is 202 Å². The molecule has 0 aliphatic rings. The fourth-order valence-corrected chi connectivity index (χ4v) is 3.20. The number of hydrogen-bond acceptors (Lipinski definition) is 14. The molecule has 5 N–H and O–H groups in total. The minimum Gasteiger partial charge on any atom is -0.481 e. The third-order valence-corrected chi connectivity index (χ3v) is 5.41. The van der Waals surface area contributed by atoms with Crippen LogP contribution >= 0.6 is 0 Å². The van der Waals surface area contributed by atoms with Gasteiger partial charge in [-0.2, -0.15) is 0 Å². The van der Waals surface area contributed by atoms with E-state index in [4.69, 9.17) is 63.9 Å². The first-order valence-corrected chi connectivity index (χ1v) is 15.3. The van der Waals surface area contributed by atoms with E-state index >= 15 is 0 Å². The highest BCUT2D eigenvalue weighted by Crippen LogP contribution is 1.98. The number of carbonyl (C=O) groups is 2. The fraction of sp³-hybridized carbons (Fsp3) is 0.929. The Morgan fingerprint density at radius 1 is 0.409 bits per heavy atom. The van der Waals surface area contributed by atoms with Crippen LogP contribution in [0.1, 0.15) is 12.8 Å². The molecule has 1 amide bonds. The molecule has 0 atom stereocenters. The minimum absolute atomic E-state index is 0.0254. The van der Waals surface area contributed by atoms with Gasteiger partial charge in [0.2, 0.25) is 5.91 Å². The van der Waals surface area contributed by atoms with Crippen molar-refractivity contribution in [2.45, 2.75) is 12.8 Å². The molecule has 0 aromatic heterocycles. The van der Waals surface area contributed by atoms with Crippen LogP contribution in [0.5, 0.6) is 0 Å². The van der Waals surface area contributed by atoms with Gasteiger partial charge in [0.05, 0.1) is 145 Å².